The van der Waals surface area contributed by atoms with Crippen LogP contribution in [0, 0.1) is 0 Å². The summed E-state index contributed by atoms with van der Waals surface area (Å²) in [5, 5.41) is 10.8. The maximum atomic E-state index is 12.7. The lowest BCUT2D eigenvalue weighted by Gasteiger charge is -2.34. The van der Waals surface area contributed by atoms with Crippen LogP contribution in [0.15, 0.2) is 30.3 Å². The van der Waals surface area contributed by atoms with Gasteiger partial charge in [-0.15, -0.1) is 0 Å². The summed E-state index contributed by atoms with van der Waals surface area (Å²) in [6.45, 7) is 11.1. The predicted molar refractivity (Wildman–Crippen MR) is 112 cm³/mol. The molecule has 3 amide bonds. The van der Waals surface area contributed by atoms with E-state index in [0.717, 1.165) is 5.56 Å². The monoisotopic (exact) mass is 439 g/mol. The average Bonchev–Trinajstić information content (AvgIpc) is 2.58. The third-order valence-electron chi connectivity index (χ3n) is 3.46. The van der Waals surface area contributed by atoms with Crippen molar-refractivity contribution in [1.29, 1.82) is 0 Å². The van der Waals surface area contributed by atoms with Crippen molar-refractivity contribution in [2.24, 2.45) is 0 Å². The molecule has 0 aromatic heterocycles. The molecule has 0 fully saturated rings. The molecule has 0 radical (unpaired) electrons. The highest BCUT2D eigenvalue weighted by Gasteiger charge is 2.38. The van der Waals surface area contributed by atoms with E-state index in [0.29, 0.717) is 5.01 Å². The molecule has 0 bridgehead atoms. The Labute approximate surface area is 182 Å². The van der Waals surface area contributed by atoms with Gasteiger partial charge in [0.2, 0.25) is 0 Å². The Morgan fingerprint density at radius 2 is 1.55 bits per heavy atom. The number of amides is 3. The van der Waals surface area contributed by atoms with Crippen LogP contribution in [0.25, 0.3) is 0 Å². The Hall–Kier alpha value is -2.85. The number of hydrazine groups is 1. The Morgan fingerprint density at radius 3 is 2.03 bits per heavy atom. The quantitative estimate of drug-likeness (QED) is 0.582. The van der Waals surface area contributed by atoms with E-state index in [1.807, 2.05) is 18.2 Å². The van der Waals surface area contributed by atoms with Crippen LogP contribution in [0.1, 0.15) is 54.0 Å². The fourth-order valence-corrected chi connectivity index (χ4v) is 2.32. The van der Waals surface area contributed by atoms with Crippen molar-refractivity contribution in [2.45, 2.75) is 78.4 Å². The van der Waals surface area contributed by atoms with Gasteiger partial charge in [-0.1, -0.05) is 30.3 Å². The van der Waals surface area contributed by atoms with Crippen LogP contribution in [0.2, 0.25) is 0 Å². The lowest BCUT2D eigenvalue weighted by Crippen LogP contribution is -2.62. The normalized spacial score (nSPS) is 13.5. The second-order valence-electron chi connectivity index (χ2n) is 8.89. The number of carbonyl (C=O) groups is 3. The molecule has 31 heavy (non-hydrogen) atoms. The van der Waals surface area contributed by atoms with Crippen molar-refractivity contribution < 1.29 is 33.8 Å². The SMILES string of the molecule is C[C@H](O)[C@@H](C(=O)NOCc1ccccc1)N(NC(=O)OC(C)(C)C)C(=O)OC(C)(C)C. The molecule has 0 heterocycles. The van der Waals surface area contributed by atoms with Crippen LogP contribution in [0.5, 0.6) is 0 Å². The Morgan fingerprint density at radius 1 is 1.00 bits per heavy atom. The molecule has 0 aliphatic heterocycles. The second kappa shape index (κ2) is 11.0. The van der Waals surface area contributed by atoms with E-state index in [-0.39, 0.29) is 6.61 Å². The molecule has 174 valence electrons. The van der Waals surface area contributed by atoms with Crippen LogP contribution in [0.3, 0.4) is 0 Å². The minimum atomic E-state index is -1.56. The van der Waals surface area contributed by atoms with Crippen molar-refractivity contribution >= 4 is 18.1 Å². The largest absolute Gasteiger partial charge is 0.443 e. The third kappa shape index (κ3) is 10.1. The molecule has 0 unspecified atom stereocenters. The van der Waals surface area contributed by atoms with Gasteiger partial charge in [-0.25, -0.2) is 25.5 Å². The van der Waals surface area contributed by atoms with Crippen molar-refractivity contribution in [2.75, 3.05) is 0 Å². The predicted octanol–water partition coefficient (Wildman–Crippen LogP) is 2.66. The number of ether oxygens (including phenoxy) is 2. The van der Waals surface area contributed by atoms with Crippen LogP contribution in [-0.4, -0.2) is 51.6 Å². The van der Waals surface area contributed by atoms with Gasteiger partial charge in [-0.05, 0) is 54.0 Å². The molecule has 2 atom stereocenters. The number of hydroxylamine groups is 1. The van der Waals surface area contributed by atoms with Crippen LogP contribution in [0.4, 0.5) is 9.59 Å². The van der Waals surface area contributed by atoms with E-state index in [4.69, 9.17) is 14.3 Å². The molecule has 0 aliphatic carbocycles. The van der Waals surface area contributed by atoms with Gasteiger partial charge in [0.1, 0.15) is 11.2 Å². The molecule has 0 aliphatic rings. The Kier molecular flexibility index (Phi) is 9.26. The van der Waals surface area contributed by atoms with E-state index in [2.05, 4.69) is 10.9 Å². The highest BCUT2D eigenvalue weighted by molar-refractivity contribution is 5.86. The average molecular weight is 440 g/mol. The van der Waals surface area contributed by atoms with Gasteiger partial charge < -0.3 is 14.6 Å². The van der Waals surface area contributed by atoms with Crippen LogP contribution < -0.4 is 10.9 Å². The fourth-order valence-electron chi connectivity index (χ4n) is 2.32. The lowest BCUT2D eigenvalue weighted by atomic mass is 10.1. The Balaban J connectivity index is 2.99. The van der Waals surface area contributed by atoms with E-state index < -0.39 is 41.4 Å². The number of aliphatic hydroxyl groups excluding tert-OH is 1. The maximum Gasteiger partial charge on any atom is 0.430 e. The molecule has 10 heteroatoms. The molecular weight excluding hydrogens is 406 g/mol. The smallest absolute Gasteiger partial charge is 0.430 e. The van der Waals surface area contributed by atoms with Gasteiger partial charge in [-0.2, -0.15) is 0 Å². The molecule has 1 rings (SSSR count). The molecule has 0 saturated carbocycles. The third-order valence-corrected chi connectivity index (χ3v) is 3.46. The molecular formula is C21H33N3O7. The van der Waals surface area contributed by atoms with Gasteiger partial charge in [0.25, 0.3) is 5.91 Å². The van der Waals surface area contributed by atoms with Crippen molar-refractivity contribution in [3.63, 3.8) is 0 Å². The number of nitrogens with zero attached hydrogens (tertiary/aromatic N) is 1. The minimum Gasteiger partial charge on any atom is -0.443 e. The number of aliphatic hydroxyl groups is 1. The lowest BCUT2D eigenvalue weighted by molar-refractivity contribution is -0.145. The zero-order chi connectivity index (χ0) is 23.8. The summed E-state index contributed by atoms with van der Waals surface area (Å²) >= 11 is 0. The molecule has 1 aromatic rings. The van der Waals surface area contributed by atoms with Crippen molar-refractivity contribution in [3.8, 4) is 0 Å². The zero-order valence-electron chi connectivity index (χ0n) is 19.1. The molecule has 3 N–H and O–H groups in total. The number of carbonyl (C=O) groups excluding carboxylic acids is 3. The summed E-state index contributed by atoms with van der Waals surface area (Å²) in [4.78, 5) is 42.9. The highest BCUT2D eigenvalue weighted by Crippen LogP contribution is 2.14. The molecule has 10 nitrogen and oxygen atoms in total. The highest BCUT2D eigenvalue weighted by atomic mass is 16.7. The summed E-state index contributed by atoms with van der Waals surface area (Å²) < 4.78 is 10.4. The first-order valence-corrected chi connectivity index (χ1v) is 9.85. The minimum absolute atomic E-state index is 0.0606. The summed E-state index contributed by atoms with van der Waals surface area (Å²) in [5.74, 6) is -0.868. The van der Waals surface area contributed by atoms with Crippen LogP contribution >= 0.6 is 0 Å². The first-order chi connectivity index (χ1) is 14.2. The standard InChI is InChI=1S/C21H33N3O7/c1-14(25)16(17(26)23-29-13-15-11-9-8-10-12-15)24(19(28)31-21(5,6)7)22-18(27)30-20(2,3)4/h8-12,14,16,25H,13H2,1-7H3,(H,22,27)(H,23,26)/t14-,16-/m0/s1. The number of nitrogens with one attached hydrogen (secondary N) is 2. The van der Waals surface area contributed by atoms with Gasteiger partial charge in [-0.3, -0.25) is 9.63 Å². The molecule has 0 spiro atoms. The topological polar surface area (TPSA) is 126 Å². The Bertz CT molecular complexity index is 740. The summed E-state index contributed by atoms with van der Waals surface area (Å²) in [6.07, 6.45) is -3.44. The van der Waals surface area contributed by atoms with E-state index in [1.165, 1.54) is 6.92 Å². The van der Waals surface area contributed by atoms with Gasteiger partial charge in [0.15, 0.2) is 6.04 Å². The summed E-state index contributed by atoms with van der Waals surface area (Å²) in [5.41, 5.74) is 3.40. The summed E-state index contributed by atoms with van der Waals surface area (Å²) in [6, 6.07) is 7.51. The number of rotatable bonds is 6. The van der Waals surface area contributed by atoms with Gasteiger partial charge in [0.05, 0.1) is 12.7 Å². The van der Waals surface area contributed by atoms with Gasteiger partial charge >= 0.3 is 12.2 Å². The molecule has 0 saturated heterocycles. The van der Waals surface area contributed by atoms with E-state index in [1.54, 1.807) is 53.7 Å². The van der Waals surface area contributed by atoms with Crippen LogP contribution in [-0.2, 0) is 25.7 Å². The first-order valence-electron chi connectivity index (χ1n) is 9.85. The second-order valence-corrected chi connectivity index (χ2v) is 8.89. The van der Waals surface area contributed by atoms with E-state index >= 15 is 0 Å². The zero-order valence-corrected chi connectivity index (χ0v) is 19.1. The fraction of sp³-hybridized carbons (Fsp3) is 0.571. The van der Waals surface area contributed by atoms with Gasteiger partial charge in [0, 0.05) is 0 Å². The number of hydrogen-bond donors (Lipinski definition) is 3. The summed E-state index contributed by atoms with van der Waals surface area (Å²) in [7, 11) is 0. The van der Waals surface area contributed by atoms with Crippen molar-refractivity contribution in [1.82, 2.24) is 15.9 Å². The molecule has 1 aromatic carbocycles. The number of hydrogen-bond acceptors (Lipinski definition) is 7. The number of benzene rings is 1. The van der Waals surface area contributed by atoms with Crippen molar-refractivity contribution in [3.05, 3.63) is 35.9 Å². The maximum absolute atomic E-state index is 12.7. The van der Waals surface area contributed by atoms with E-state index in [9.17, 15) is 19.5 Å². The first kappa shape index (κ1) is 26.2.